The van der Waals surface area contributed by atoms with Crippen LogP contribution in [0.4, 0.5) is 4.39 Å². The number of ether oxygens (including phenoxy) is 1. The monoisotopic (exact) mass is 253 g/mol. The molecule has 1 aliphatic rings. The fraction of sp³-hybridized carbons (Fsp3) is 0.333. The zero-order valence-electron chi connectivity index (χ0n) is 9.51. The summed E-state index contributed by atoms with van der Waals surface area (Å²) < 4.78 is 17.6. The van der Waals surface area contributed by atoms with Crippen LogP contribution in [0.2, 0.25) is 0 Å². The van der Waals surface area contributed by atoms with Crippen molar-refractivity contribution in [2.45, 2.75) is 12.6 Å². The van der Waals surface area contributed by atoms with E-state index in [2.05, 4.69) is 0 Å². The molecule has 5 nitrogen and oxygen atoms in total. The minimum Gasteiger partial charge on any atom is -0.479 e. The van der Waals surface area contributed by atoms with E-state index >= 15 is 0 Å². The van der Waals surface area contributed by atoms with Crippen molar-refractivity contribution in [2.75, 3.05) is 13.2 Å². The first kappa shape index (κ1) is 12.5. The van der Waals surface area contributed by atoms with E-state index in [1.54, 1.807) is 12.1 Å². The van der Waals surface area contributed by atoms with E-state index in [0.29, 0.717) is 0 Å². The number of carboxylic acids is 1. The molecule has 1 saturated heterocycles. The van der Waals surface area contributed by atoms with E-state index < -0.39 is 12.1 Å². The van der Waals surface area contributed by atoms with Crippen LogP contribution in [0.15, 0.2) is 24.3 Å². The van der Waals surface area contributed by atoms with Crippen LogP contribution < -0.4 is 0 Å². The highest BCUT2D eigenvalue weighted by Gasteiger charge is 2.30. The van der Waals surface area contributed by atoms with Gasteiger partial charge in [0.25, 0.3) is 0 Å². The van der Waals surface area contributed by atoms with Crippen molar-refractivity contribution >= 4 is 11.9 Å². The van der Waals surface area contributed by atoms with E-state index in [0.717, 1.165) is 5.56 Å². The molecular formula is C12H12FNO4. The Morgan fingerprint density at radius 2 is 2.11 bits per heavy atom. The number of benzene rings is 1. The average Bonchev–Trinajstić information content (AvgIpc) is 2.34. The SMILES string of the molecule is O=C(O)C1CN(Cc2ccc(F)cc2)C(=O)CO1. The molecule has 1 aliphatic heterocycles. The molecule has 0 radical (unpaired) electrons. The molecule has 1 aromatic carbocycles. The van der Waals surface area contributed by atoms with Crippen LogP contribution in [0.1, 0.15) is 5.56 Å². The third kappa shape index (κ3) is 2.84. The molecule has 2 rings (SSSR count). The van der Waals surface area contributed by atoms with Crippen molar-refractivity contribution in [3.05, 3.63) is 35.6 Å². The average molecular weight is 253 g/mol. The third-order valence-electron chi connectivity index (χ3n) is 2.71. The zero-order valence-corrected chi connectivity index (χ0v) is 9.51. The fourth-order valence-electron chi connectivity index (χ4n) is 1.73. The number of hydrogen-bond acceptors (Lipinski definition) is 3. The van der Waals surface area contributed by atoms with Crippen molar-refractivity contribution in [3.8, 4) is 0 Å². The van der Waals surface area contributed by atoms with Crippen molar-refractivity contribution in [1.29, 1.82) is 0 Å². The number of morpholine rings is 1. The number of aliphatic carboxylic acids is 1. The Morgan fingerprint density at radius 1 is 1.44 bits per heavy atom. The maximum atomic E-state index is 12.7. The molecule has 96 valence electrons. The van der Waals surface area contributed by atoms with Crippen molar-refractivity contribution < 1.29 is 23.8 Å². The summed E-state index contributed by atoms with van der Waals surface area (Å²) in [6.07, 6.45) is -0.997. The molecule has 1 atom stereocenters. The van der Waals surface area contributed by atoms with Crippen LogP contribution in [0.3, 0.4) is 0 Å². The van der Waals surface area contributed by atoms with Crippen molar-refractivity contribution in [1.82, 2.24) is 4.90 Å². The Bertz CT molecular complexity index is 460. The van der Waals surface area contributed by atoms with Crippen LogP contribution in [0, 0.1) is 5.82 Å². The van der Waals surface area contributed by atoms with Gasteiger partial charge in [0.05, 0.1) is 6.54 Å². The zero-order chi connectivity index (χ0) is 13.1. The third-order valence-corrected chi connectivity index (χ3v) is 2.71. The summed E-state index contributed by atoms with van der Waals surface area (Å²) in [5.41, 5.74) is 0.746. The largest absolute Gasteiger partial charge is 0.479 e. The Kier molecular flexibility index (Phi) is 3.57. The summed E-state index contributed by atoms with van der Waals surface area (Å²) in [5, 5.41) is 8.83. The van der Waals surface area contributed by atoms with E-state index in [1.165, 1.54) is 17.0 Å². The van der Waals surface area contributed by atoms with Gasteiger partial charge in [-0.15, -0.1) is 0 Å². The molecule has 1 heterocycles. The molecule has 1 amide bonds. The highest BCUT2D eigenvalue weighted by Crippen LogP contribution is 2.12. The topological polar surface area (TPSA) is 66.8 Å². The molecule has 6 heteroatoms. The lowest BCUT2D eigenvalue weighted by Crippen LogP contribution is -2.49. The molecule has 0 saturated carbocycles. The summed E-state index contributed by atoms with van der Waals surface area (Å²) in [6.45, 7) is 0.0238. The number of rotatable bonds is 3. The van der Waals surface area contributed by atoms with Gasteiger partial charge < -0.3 is 14.7 Å². The molecule has 1 N–H and O–H groups in total. The number of carboxylic acid groups (broad SMARTS) is 1. The number of amides is 1. The second-order valence-corrected chi connectivity index (χ2v) is 4.04. The quantitative estimate of drug-likeness (QED) is 0.858. The lowest BCUT2D eigenvalue weighted by atomic mass is 10.2. The maximum Gasteiger partial charge on any atom is 0.334 e. The van der Waals surface area contributed by atoms with Gasteiger partial charge in [0.1, 0.15) is 12.4 Å². The molecule has 0 spiro atoms. The lowest BCUT2D eigenvalue weighted by Gasteiger charge is -2.30. The normalized spacial score (nSPS) is 19.9. The van der Waals surface area contributed by atoms with Crippen LogP contribution in [0.25, 0.3) is 0 Å². The van der Waals surface area contributed by atoms with Crippen LogP contribution in [-0.2, 0) is 20.9 Å². The van der Waals surface area contributed by atoms with Crippen LogP contribution in [0.5, 0.6) is 0 Å². The Balaban J connectivity index is 2.04. The molecule has 1 aromatic rings. The molecule has 0 bridgehead atoms. The van der Waals surface area contributed by atoms with E-state index in [-0.39, 0.29) is 31.4 Å². The van der Waals surface area contributed by atoms with Gasteiger partial charge >= 0.3 is 5.97 Å². The Morgan fingerprint density at radius 3 is 2.72 bits per heavy atom. The summed E-state index contributed by atoms with van der Waals surface area (Å²) in [5.74, 6) is -1.71. The Hall–Kier alpha value is -1.95. The second-order valence-electron chi connectivity index (χ2n) is 4.04. The van der Waals surface area contributed by atoms with Crippen LogP contribution >= 0.6 is 0 Å². The minimum atomic E-state index is -1.09. The second kappa shape index (κ2) is 5.14. The minimum absolute atomic E-state index is 0.00550. The standard InChI is InChI=1S/C12H12FNO4/c13-9-3-1-8(2-4-9)5-14-6-10(12(16)17)18-7-11(14)15/h1-4,10H,5-7H2,(H,16,17). The van der Waals surface area contributed by atoms with E-state index in [4.69, 9.17) is 9.84 Å². The number of carbonyl (C=O) groups is 2. The lowest BCUT2D eigenvalue weighted by molar-refractivity contribution is -0.165. The van der Waals surface area contributed by atoms with Gasteiger partial charge in [-0.05, 0) is 17.7 Å². The number of nitrogens with zero attached hydrogens (tertiary/aromatic N) is 1. The van der Waals surface area contributed by atoms with Gasteiger partial charge in [-0.3, -0.25) is 4.79 Å². The number of hydrogen-bond donors (Lipinski definition) is 1. The van der Waals surface area contributed by atoms with E-state index in [1.807, 2.05) is 0 Å². The predicted molar refractivity (Wildman–Crippen MR) is 59.2 cm³/mol. The first-order valence-corrected chi connectivity index (χ1v) is 5.43. The number of carbonyl (C=O) groups excluding carboxylic acids is 1. The van der Waals surface area contributed by atoms with Gasteiger partial charge in [0.2, 0.25) is 5.91 Å². The summed E-state index contributed by atoms with van der Waals surface area (Å²) in [7, 11) is 0. The first-order chi connectivity index (χ1) is 8.56. The molecule has 1 unspecified atom stereocenters. The van der Waals surface area contributed by atoms with E-state index in [9.17, 15) is 14.0 Å². The summed E-state index contributed by atoms with van der Waals surface area (Å²) in [4.78, 5) is 23.8. The van der Waals surface area contributed by atoms with Crippen molar-refractivity contribution in [2.24, 2.45) is 0 Å². The van der Waals surface area contributed by atoms with Gasteiger partial charge in [0, 0.05) is 6.54 Å². The number of halogens is 1. The smallest absolute Gasteiger partial charge is 0.334 e. The predicted octanol–water partition coefficient (Wildman–Crippen LogP) is 0.638. The Labute approximate surface area is 103 Å². The summed E-state index contributed by atoms with van der Waals surface area (Å²) in [6, 6.07) is 5.73. The molecule has 18 heavy (non-hydrogen) atoms. The highest BCUT2D eigenvalue weighted by molar-refractivity contribution is 5.81. The van der Waals surface area contributed by atoms with Gasteiger partial charge in [0.15, 0.2) is 6.10 Å². The molecular weight excluding hydrogens is 241 g/mol. The molecule has 0 aliphatic carbocycles. The molecule has 1 fully saturated rings. The fourth-order valence-corrected chi connectivity index (χ4v) is 1.73. The van der Waals surface area contributed by atoms with Gasteiger partial charge in [-0.25, -0.2) is 9.18 Å². The van der Waals surface area contributed by atoms with Crippen LogP contribution in [-0.4, -0.2) is 41.1 Å². The van der Waals surface area contributed by atoms with Gasteiger partial charge in [-0.2, -0.15) is 0 Å². The summed E-state index contributed by atoms with van der Waals surface area (Å²) >= 11 is 0. The highest BCUT2D eigenvalue weighted by atomic mass is 19.1. The van der Waals surface area contributed by atoms with Crippen molar-refractivity contribution in [3.63, 3.8) is 0 Å². The maximum absolute atomic E-state index is 12.7. The first-order valence-electron chi connectivity index (χ1n) is 5.43. The van der Waals surface area contributed by atoms with Gasteiger partial charge in [-0.1, -0.05) is 12.1 Å². The molecule has 0 aromatic heterocycles.